The van der Waals surface area contributed by atoms with Gasteiger partial charge >= 0.3 is 0 Å². The van der Waals surface area contributed by atoms with Gasteiger partial charge in [0.2, 0.25) is 10.0 Å². The van der Waals surface area contributed by atoms with Crippen LogP contribution in [0.25, 0.3) is 6.08 Å². The lowest BCUT2D eigenvalue weighted by Crippen LogP contribution is -2.30. The lowest BCUT2D eigenvalue weighted by Gasteiger charge is -2.22. The molecule has 3 aromatic rings. The molecule has 1 amide bonds. The molecule has 0 fully saturated rings. The van der Waals surface area contributed by atoms with Crippen molar-refractivity contribution in [3.8, 4) is 6.07 Å². The van der Waals surface area contributed by atoms with Crippen LogP contribution in [0.5, 0.6) is 0 Å². The van der Waals surface area contributed by atoms with Gasteiger partial charge in [-0.1, -0.05) is 47.0 Å². The second kappa shape index (κ2) is 11.8. The molecule has 0 saturated carbocycles. The number of nitrogens with one attached hydrogen (secondary N) is 1. The van der Waals surface area contributed by atoms with E-state index in [4.69, 9.17) is 27.6 Å². The van der Waals surface area contributed by atoms with Gasteiger partial charge in [0.15, 0.2) is 0 Å². The molecule has 1 N–H and O–H groups in total. The van der Waals surface area contributed by atoms with E-state index in [1.165, 1.54) is 10.4 Å². The number of carbonyl (C=O) groups excluding carboxylic acids is 1. The molecule has 7 nitrogen and oxygen atoms in total. The van der Waals surface area contributed by atoms with Crippen molar-refractivity contribution < 1.29 is 17.6 Å². The monoisotopic (exact) mass is 545 g/mol. The summed E-state index contributed by atoms with van der Waals surface area (Å²) in [6, 6.07) is 16.4. The Morgan fingerprint density at radius 1 is 1.08 bits per heavy atom. The SMILES string of the molecule is Cc1ccc(S(=O)(=O)N(Cc2ccc(Cl)c(Cl)c2)Cc2ccc(/C=C(/C#N)C(=O)NC(C)C)o2)cc1. The summed E-state index contributed by atoms with van der Waals surface area (Å²) >= 11 is 12.2. The average molecular weight is 546 g/mol. The Labute approximate surface area is 221 Å². The number of halogens is 2. The Morgan fingerprint density at radius 2 is 1.78 bits per heavy atom. The molecule has 0 aliphatic heterocycles. The zero-order chi connectivity index (χ0) is 26.5. The Hall–Kier alpha value is -3.09. The molecular weight excluding hydrogens is 521 g/mol. The Balaban J connectivity index is 1.93. The number of hydrogen-bond donors (Lipinski definition) is 1. The van der Waals surface area contributed by atoms with Gasteiger partial charge in [0.05, 0.1) is 21.5 Å². The van der Waals surface area contributed by atoms with Crippen LogP contribution in [0, 0.1) is 18.3 Å². The normalized spacial score (nSPS) is 12.1. The molecule has 0 bridgehead atoms. The highest BCUT2D eigenvalue weighted by Gasteiger charge is 2.26. The highest BCUT2D eigenvalue weighted by molar-refractivity contribution is 7.89. The number of amides is 1. The molecule has 1 heterocycles. The minimum Gasteiger partial charge on any atom is -0.460 e. The zero-order valence-electron chi connectivity index (χ0n) is 20.0. The van der Waals surface area contributed by atoms with Crippen LogP contribution in [0.15, 0.2) is 69.5 Å². The maximum Gasteiger partial charge on any atom is 0.262 e. The minimum atomic E-state index is -3.92. The maximum absolute atomic E-state index is 13.5. The third kappa shape index (κ3) is 6.99. The summed E-state index contributed by atoms with van der Waals surface area (Å²) in [6.45, 7) is 5.37. The number of aryl methyl sites for hydroxylation is 1. The molecule has 188 valence electrons. The fourth-order valence-corrected chi connectivity index (χ4v) is 5.00. The van der Waals surface area contributed by atoms with Crippen molar-refractivity contribution in [1.82, 2.24) is 9.62 Å². The number of rotatable bonds is 9. The van der Waals surface area contributed by atoms with Gasteiger partial charge in [-0.05, 0) is 62.7 Å². The number of nitrogens with zero attached hydrogens (tertiary/aromatic N) is 2. The number of sulfonamides is 1. The number of nitriles is 1. The first-order valence-electron chi connectivity index (χ1n) is 11.0. The molecule has 1 aromatic heterocycles. The van der Waals surface area contributed by atoms with Crippen molar-refractivity contribution in [2.45, 2.75) is 44.8 Å². The lowest BCUT2D eigenvalue weighted by atomic mass is 10.2. The molecule has 0 unspecified atom stereocenters. The van der Waals surface area contributed by atoms with E-state index in [2.05, 4.69) is 5.32 Å². The fraction of sp³-hybridized carbons (Fsp3) is 0.231. The van der Waals surface area contributed by atoms with E-state index in [1.807, 2.05) is 13.0 Å². The van der Waals surface area contributed by atoms with Crippen molar-refractivity contribution in [1.29, 1.82) is 5.26 Å². The molecule has 0 aliphatic carbocycles. The number of benzene rings is 2. The van der Waals surface area contributed by atoms with Gasteiger partial charge < -0.3 is 9.73 Å². The van der Waals surface area contributed by atoms with E-state index in [1.54, 1.807) is 68.4 Å². The highest BCUT2D eigenvalue weighted by Crippen LogP contribution is 2.27. The highest BCUT2D eigenvalue weighted by atomic mass is 35.5. The molecule has 36 heavy (non-hydrogen) atoms. The summed E-state index contributed by atoms with van der Waals surface area (Å²) in [6.07, 6.45) is 1.32. The van der Waals surface area contributed by atoms with Crippen LogP contribution in [0.1, 0.15) is 36.5 Å². The second-order valence-electron chi connectivity index (χ2n) is 8.44. The van der Waals surface area contributed by atoms with Crippen molar-refractivity contribution in [3.63, 3.8) is 0 Å². The van der Waals surface area contributed by atoms with Crippen molar-refractivity contribution in [2.75, 3.05) is 0 Å². The van der Waals surface area contributed by atoms with Crippen LogP contribution in [-0.2, 0) is 27.9 Å². The molecule has 0 spiro atoms. The lowest BCUT2D eigenvalue weighted by molar-refractivity contribution is -0.117. The first-order valence-corrected chi connectivity index (χ1v) is 13.2. The van der Waals surface area contributed by atoms with Crippen LogP contribution in [0.4, 0.5) is 0 Å². The van der Waals surface area contributed by atoms with Crippen LogP contribution in [0.3, 0.4) is 0 Å². The van der Waals surface area contributed by atoms with Crippen molar-refractivity contribution in [3.05, 3.63) is 92.9 Å². The van der Waals surface area contributed by atoms with Crippen LogP contribution in [-0.4, -0.2) is 24.7 Å². The summed E-state index contributed by atoms with van der Waals surface area (Å²) in [5.74, 6) is 0.0647. The third-order valence-corrected chi connectivity index (χ3v) is 7.63. The zero-order valence-corrected chi connectivity index (χ0v) is 22.3. The number of carbonyl (C=O) groups is 1. The first-order chi connectivity index (χ1) is 17.0. The van der Waals surface area contributed by atoms with Gasteiger partial charge in [-0.2, -0.15) is 9.57 Å². The van der Waals surface area contributed by atoms with E-state index in [-0.39, 0.29) is 35.4 Å². The number of furan rings is 1. The van der Waals surface area contributed by atoms with E-state index in [0.717, 1.165) is 5.56 Å². The van der Waals surface area contributed by atoms with Crippen molar-refractivity contribution in [2.24, 2.45) is 0 Å². The van der Waals surface area contributed by atoms with Gasteiger partial charge in [0.25, 0.3) is 5.91 Å². The van der Waals surface area contributed by atoms with Gasteiger partial charge in [-0.15, -0.1) is 0 Å². The van der Waals surface area contributed by atoms with E-state index >= 15 is 0 Å². The summed E-state index contributed by atoms with van der Waals surface area (Å²) in [4.78, 5) is 12.3. The second-order valence-corrected chi connectivity index (χ2v) is 11.2. The van der Waals surface area contributed by atoms with Gasteiger partial charge in [0.1, 0.15) is 23.2 Å². The van der Waals surface area contributed by atoms with Crippen LogP contribution >= 0.6 is 23.2 Å². The van der Waals surface area contributed by atoms with Gasteiger partial charge in [-0.3, -0.25) is 4.79 Å². The molecular formula is C26H25Cl2N3O4S. The van der Waals surface area contributed by atoms with E-state index < -0.39 is 15.9 Å². The van der Waals surface area contributed by atoms with Crippen molar-refractivity contribution >= 4 is 45.2 Å². The smallest absolute Gasteiger partial charge is 0.262 e. The first kappa shape index (κ1) is 27.5. The summed E-state index contributed by atoms with van der Waals surface area (Å²) < 4.78 is 34.1. The molecule has 0 radical (unpaired) electrons. The molecule has 0 atom stereocenters. The number of hydrogen-bond acceptors (Lipinski definition) is 5. The van der Waals surface area contributed by atoms with E-state index in [9.17, 15) is 18.5 Å². The molecule has 10 heteroatoms. The van der Waals surface area contributed by atoms with Crippen LogP contribution in [0.2, 0.25) is 10.0 Å². The standard InChI is InChI=1S/C26H25Cl2N3O4S/c1-17(2)30-26(32)20(14-29)13-21-7-8-22(35-21)16-31(15-19-6-11-24(27)25(28)12-19)36(33,34)23-9-4-18(3)5-10-23/h4-13,17H,15-16H2,1-3H3,(H,30,32)/b20-13-. The fourth-order valence-electron chi connectivity index (χ4n) is 3.29. The topological polar surface area (TPSA) is 103 Å². The average Bonchev–Trinajstić information content (AvgIpc) is 3.26. The van der Waals surface area contributed by atoms with E-state index in [0.29, 0.717) is 21.4 Å². The summed E-state index contributed by atoms with van der Waals surface area (Å²) in [5.41, 5.74) is 1.45. The van der Waals surface area contributed by atoms with Crippen LogP contribution < -0.4 is 5.32 Å². The Kier molecular flexibility index (Phi) is 8.98. The Bertz CT molecular complexity index is 1420. The molecule has 0 saturated heterocycles. The maximum atomic E-state index is 13.5. The molecule has 2 aromatic carbocycles. The van der Waals surface area contributed by atoms with Gasteiger partial charge in [-0.25, -0.2) is 8.42 Å². The minimum absolute atomic E-state index is 0.0131. The Morgan fingerprint density at radius 3 is 2.39 bits per heavy atom. The summed E-state index contributed by atoms with van der Waals surface area (Å²) in [7, 11) is -3.92. The predicted octanol–water partition coefficient (Wildman–Crippen LogP) is 5.72. The quantitative estimate of drug-likeness (QED) is 0.273. The molecule has 3 rings (SSSR count). The largest absolute Gasteiger partial charge is 0.460 e. The predicted molar refractivity (Wildman–Crippen MR) is 140 cm³/mol. The summed E-state index contributed by atoms with van der Waals surface area (Å²) in [5, 5.41) is 12.7. The third-order valence-electron chi connectivity index (χ3n) is 5.09. The molecule has 0 aliphatic rings. The van der Waals surface area contributed by atoms with Gasteiger partial charge in [0, 0.05) is 18.7 Å².